The fourth-order valence-corrected chi connectivity index (χ4v) is 2.49. The molecular formula is C13H18N4O3. The molecule has 108 valence electrons. The normalized spacial score (nSPS) is 22.6. The molecule has 0 spiro atoms. The van der Waals surface area contributed by atoms with Crippen LogP contribution in [0.1, 0.15) is 23.7 Å². The number of anilines is 1. The summed E-state index contributed by atoms with van der Waals surface area (Å²) in [7, 11) is 0. The van der Waals surface area contributed by atoms with Gasteiger partial charge in [0.05, 0.1) is 16.2 Å². The number of piperidine rings is 1. The Kier molecular flexibility index (Phi) is 3.89. The van der Waals surface area contributed by atoms with E-state index in [2.05, 4.69) is 0 Å². The Morgan fingerprint density at radius 1 is 1.50 bits per heavy atom. The average Bonchev–Trinajstić information content (AvgIpc) is 2.41. The Balaban J connectivity index is 2.36. The van der Waals surface area contributed by atoms with Crippen molar-refractivity contribution in [3.63, 3.8) is 0 Å². The third-order valence-electron chi connectivity index (χ3n) is 3.77. The molecule has 7 nitrogen and oxygen atoms in total. The first kappa shape index (κ1) is 14.3. The molecule has 20 heavy (non-hydrogen) atoms. The molecule has 1 fully saturated rings. The van der Waals surface area contributed by atoms with Crippen LogP contribution in [0, 0.1) is 16.0 Å². The van der Waals surface area contributed by atoms with Crippen molar-refractivity contribution in [2.45, 2.75) is 19.4 Å². The maximum atomic E-state index is 11.5. The average molecular weight is 278 g/mol. The van der Waals surface area contributed by atoms with E-state index in [1.54, 1.807) is 6.07 Å². The standard InChI is InChI=1S/C13H18N4O3/c1-8-7-16(5-4-11(8)14)12-3-2-9(17(19)20)6-10(12)13(15)18/h2-3,6,8,11H,4-5,7,14H2,1H3,(H2,15,18). The Morgan fingerprint density at radius 2 is 2.20 bits per heavy atom. The number of amides is 1. The summed E-state index contributed by atoms with van der Waals surface area (Å²) in [4.78, 5) is 23.8. The number of hydrogen-bond donors (Lipinski definition) is 2. The summed E-state index contributed by atoms with van der Waals surface area (Å²) >= 11 is 0. The lowest BCUT2D eigenvalue weighted by Crippen LogP contribution is -2.46. The summed E-state index contributed by atoms with van der Waals surface area (Å²) in [6.07, 6.45) is 0.816. The lowest BCUT2D eigenvalue weighted by Gasteiger charge is -2.37. The number of nitrogens with zero attached hydrogens (tertiary/aromatic N) is 2. The third kappa shape index (κ3) is 2.72. The van der Waals surface area contributed by atoms with Crippen LogP contribution >= 0.6 is 0 Å². The van der Waals surface area contributed by atoms with Crippen LogP contribution in [0.3, 0.4) is 0 Å². The Hall–Kier alpha value is -2.15. The Morgan fingerprint density at radius 3 is 2.75 bits per heavy atom. The highest BCUT2D eigenvalue weighted by atomic mass is 16.6. The molecule has 1 saturated heterocycles. The van der Waals surface area contributed by atoms with Gasteiger partial charge in [0, 0.05) is 31.3 Å². The number of primary amides is 1. The van der Waals surface area contributed by atoms with Gasteiger partial charge in [-0.05, 0) is 18.4 Å². The molecule has 1 heterocycles. The quantitative estimate of drug-likeness (QED) is 0.628. The molecular weight excluding hydrogens is 260 g/mol. The van der Waals surface area contributed by atoms with Gasteiger partial charge in [-0.15, -0.1) is 0 Å². The van der Waals surface area contributed by atoms with E-state index < -0.39 is 10.8 Å². The van der Waals surface area contributed by atoms with Crippen LogP contribution in [0.2, 0.25) is 0 Å². The van der Waals surface area contributed by atoms with Gasteiger partial charge in [0.25, 0.3) is 11.6 Å². The maximum absolute atomic E-state index is 11.5. The first-order chi connectivity index (χ1) is 9.40. The molecule has 2 rings (SSSR count). The highest BCUT2D eigenvalue weighted by Crippen LogP contribution is 2.28. The highest BCUT2D eigenvalue weighted by Gasteiger charge is 2.26. The zero-order valence-electron chi connectivity index (χ0n) is 11.3. The van der Waals surface area contributed by atoms with E-state index in [1.807, 2.05) is 11.8 Å². The van der Waals surface area contributed by atoms with Gasteiger partial charge in [-0.3, -0.25) is 14.9 Å². The van der Waals surface area contributed by atoms with Gasteiger partial charge in [-0.25, -0.2) is 0 Å². The van der Waals surface area contributed by atoms with E-state index in [0.717, 1.165) is 6.42 Å². The van der Waals surface area contributed by atoms with Gasteiger partial charge >= 0.3 is 0 Å². The lowest BCUT2D eigenvalue weighted by molar-refractivity contribution is -0.384. The van der Waals surface area contributed by atoms with Crippen LogP contribution < -0.4 is 16.4 Å². The van der Waals surface area contributed by atoms with Crippen molar-refractivity contribution in [1.82, 2.24) is 0 Å². The molecule has 0 radical (unpaired) electrons. The fourth-order valence-electron chi connectivity index (χ4n) is 2.49. The minimum Gasteiger partial charge on any atom is -0.370 e. The van der Waals surface area contributed by atoms with Crippen molar-refractivity contribution < 1.29 is 9.72 Å². The summed E-state index contributed by atoms with van der Waals surface area (Å²) in [5, 5.41) is 10.8. The molecule has 1 aromatic carbocycles. The minimum atomic E-state index is -0.661. The van der Waals surface area contributed by atoms with Crippen molar-refractivity contribution in [2.24, 2.45) is 17.4 Å². The van der Waals surface area contributed by atoms with Gasteiger partial charge in [0.15, 0.2) is 0 Å². The van der Waals surface area contributed by atoms with E-state index in [1.165, 1.54) is 12.1 Å². The van der Waals surface area contributed by atoms with Crippen molar-refractivity contribution >= 4 is 17.3 Å². The van der Waals surface area contributed by atoms with Crippen LogP contribution in [-0.2, 0) is 0 Å². The first-order valence-corrected chi connectivity index (χ1v) is 6.49. The summed E-state index contributed by atoms with van der Waals surface area (Å²) in [5.41, 5.74) is 12.0. The zero-order valence-corrected chi connectivity index (χ0v) is 11.3. The number of nitro groups is 1. The van der Waals surface area contributed by atoms with Crippen molar-refractivity contribution in [3.8, 4) is 0 Å². The second-order valence-electron chi connectivity index (χ2n) is 5.20. The van der Waals surface area contributed by atoms with Gasteiger partial charge in [0.1, 0.15) is 0 Å². The molecule has 7 heteroatoms. The molecule has 0 aromatic heterocycles. The van der Waals surface area contributed by atoms with Gasteiger partial charge < -0.3 is 16.4 Å². The SMILES string of the molecule is CC1CN(c2ccc([N+](=O)[O-])cc2C(N)=O)CCC1N. The molecule has 1 aliphatic rings. The number of nitro benzene ring substituents is 1. The Labute approximate surface area is 116 Å². The molecule has 0 aliphatic carbocycles. The van der Waals surface area contributed by atoms with E-state index in [4.69, 9.17) is 11.5 Å². The van der Waals surface area contributed by atoms with E-state index in [-0.39, 0.29) is 17.3 Å². The van der Waals surface area contributed by atoms with Crippen LogP contribution in [0.15, 0.2) is 18.2 Å². The van der Waals surface area contributed by atoms with Crippen LogP contribution in [0.5, 0.6) is 0 Å². The van der Waals surface area contributed by atoms with Crippen LogP contribution in [0.4, 0.5) is 11.4 Å². The van der Waals surface area contributed by atoms with E-state index in [9.17, 15) is 14.9 Å². The molecule has 1 aliphatic heterocycles. The second-order valence-corrected chi connectivity index (χ2v) is 5.20. The number of benzene rings is 1. The summed E-state index contributed by atoms with van der Waals surface area (Å²) in [6.45, 7) is 3.47. The summed E-state index contributed by atoms with van der Waals surface area (Å²) in [5.74, 6) is -0.370. The number of carbonyl (C=O) groups is 1. The minimum absolute atomic E-state index is 0.135. The second kappa shape index (κ2) is 5.46. The van der Waals surface area contributed by atoms with Gasteiger partial charge in [-0.2, -0.15) is 0 Å². The van der Waals surface area contributed by atoms with Gasteiger partial charge in [-0.1, -0.05) is 6.92 Å². The molecule has 0 bridgehead atoms. The smallest absolute Gasteiger partial charge is 0.270 e. The number of rotatable bonds is 3. The van der Waals surface area contributed by atoms with Crippen molar-refractivity contribution in [3.05, 3.63) is 33.9 Å². The highest BCUT2D eigenvalue weighted by molar-refractivity contribution is 5.99. The summed E-state index contributed by atoms with van der Waals surface area (Å²) < 4.78 is 0. The molecule has 4 N–H and O–H groups in total. The fraction of sp³-hybridized carbons (Fsp3) is 0.462. The summed E-state index contributed by atoms with van der Waals surface area (Å²) in [6, 6.07) is 4.35. The lowest BCUT2D eigenvalue weighted by atomic mass is 9.94. The third-order valence-corrected chi connectivity index (χ3v) is 3.77. The number of carbonyl (C=O) groups excluding carboxylic acids is 1. The van der Waals surface area contributed by atoms with Crippen LogP contribution in [0.25, 0.3) is 0 Å². The maximum Gasteiger partial charge on any atom is 0.270 e. The van der Waals surface area contributed by atoms with Crippen molar-refractivity contribution in [2.75, 3.05) is 18.0 Å². The molecule has 2 unspecified atom stereocenters. The Bertz CT molecular complexity index is 546. The monoisotopic (exact) mass is 278 g/mol. The van der Waals surface area contributed by atoms with Crippen LogP contribution in [-0.4, -0.2) is 30.0 Å². The van der Waals surface area contributed by atoms with Crippen molar-refractivity contribution in [1.29, 1.82) is 0 Å². The predicted octanol–water partition coefficient (Wildman–Crippen LogP) is 0.867. The zero-order chi connectivity index (χ0) is 14.9. The molecule has 2 atom stereocenters. The number of non-ortho nitro benzene ring substituents is 1. The number of nitrogens with two attached hydrogens (primary N) is 2. The molecule has 0 saturated carbocycles. The van der Waals surface area contributed by atoms with Gasteiger partial charge in [0.2, 0.25) is 0 Å². The molecule has 1 aromatic rings. The largest absolute Gasteiger partial charge is 0.370 e. The number of hydrogen-bond acceptors (Lipinski definition) is 5. The first-order valence-electron chi connectivity index (χ1n) is 6.49. The van der Waals surface area contributed by atoms with E-state index >= 15 is 0 Å². The predicted molar refractivity (Wildman–Crippen MR) is 75.6 cm³/mol. The van der Waals surface area contributed by atoms with E-state index in [0.29, 0.717) is 24.7 Å². The topological polar surface area (TPSA) is 115 Å². The molecule has 1 amide bonds.